The summed E-state index contributed by atoms with van der Waals surface area (Å²) in [6, 6.07) is 0. The zero-order chi connectivity index (χ0) is 13.7. The summed E-state index contributed by atoms with van der Waals surface area (Å²) < 4.78 is 5.58. The summed E-state index contributed by atoms with van der Waals surface area (Å²) in [6.07, 6.45) is 5.16. The van der Waals surface area contributed by atoms with Gasteiger partial charge in [-0.25, -0.2) is 4.98 Å². The van der Waals surface area contributed by atoms with Gasteiger partial charge in [0.25, 0.3) is 5.91 Å². The molecule has 1 aliphatic rings. The maximum atomic E-state index is 12.3. The second kappa shape index (κ2) is 6.47. The van der Waals surface area contributed by atoms with Gasteiger partial charge in [0.15, 0.2) is 0 Å². The van der Waals surface area contributed by atoms with Crippen molar-refractivity contribution in [3.05, 3.63) is 18.1 Å². The number of carbonyl (C=O) groups excluding carboxylic acids is 1. The van der Waals surface area contributed by atoms with E-state index in [1.165, 1.54) is 6.20 Å². The number of piperidine rings is 1. The molecule has 0 radical (unpaired) electrons. The lowest BCUT2D eigenvalue weighted by molar-refractivity contribution is 0.0144. The van der Waals surface area contributed by atoms with E-state index in [0.29, 0.717) is 11.5 Å². The van der Waals surface area contributed by atoms with Gasteiger partial charge in [-0.15, -0.1) is 0 Å². The van der Waals surface area contributed by atoms with Gasteiger partial charge < -0.3 is 15.0 Å². The number of hydrogen-bond acceptors (Lipinski definition) is 5. The van der Waals surface area contributed by atoms with Crippen LogP contribution in [0.2, 0.25) is 0 Å². The van der Waals surface area contributed by atoms with Gasteiger partial charge >= 0.3 is 0 Å². The number of likely N-dealkylation sites (tertiary alicyclic amines) is 1. The molecule has 0 unspecified atom stereocenters. The monoisotopic (exact) mass is 264 g/mol. The van der Waals surface area contributed by atoms with Crippen LogP contribution in [0.15, 0.2) is 12.4 Å². The number of hydrogen-bond donors (Lipinski definition) is 1. The van der Waals surface area contributed by atoms with E-state index in [0.717, 1.165) is 32.5 Å². The number of anilines is 1. The van der Waals surface area contributed by atoms with Crippen molar-refractivity contribution in [2.24, 2.45) is 0 Å². The predicted molar refractivity (Wildman–Crippen MR) is 72.1 cm³/mol. The van der Waals surface area contributed by atoms with Crippen LogP contribution in [0.3, 0.4) is 0 Å². The SMILES string of the molecule is CCOC1CCN(C(=O)c2cncc(NC)n2)CC1. The van der Waals surface area contributed by atoms with E-state index in [2.05, 4.69) is 15.3 Å². The number of rotatable bonds is 4. The molecule has 6 nitrogen and oxygen atoms in total. The molecule has 1 aromatic heterocycles. The smallest absolute Gasteiger partial charge is 0.274 e. The minimum absolute atomic E-state index is 0.0560. The second-order valence-electron chi connectivity index (χ2n) is 4.49. The molecule has 1 fully saturated rings. The van der Waals surface area contributed by atoms with Crippen LogP contribution >= 0.6 is 0 Å². The minimum atomic E-state index is -0.0560. The van der Waals surface area contributed by atoms with Crippen LogP contribution in [0.1, 0.15) is 30.3 Å². The lowest BCUT2D eigenvalue weighted by Crippen LogP contribution is -2.41. The lowest BCUT2D eigenvalue weighted by Gasteiger charge is -2.31. The molecule has 2 rings (SSSR count). The molecule has 19 heavy (non-hydrogen) atoms. The zero-order valence-electron chi connectivity index (χ0n) is 11.4. The van der Waals surface area contributed by atoms with Crippen LogP contribution in [0.5, 0.6) is 0 Å². The van der Waals surface area contributed by atoms with Gasteiger partial charge in [-0.1, -0.05) is 0 Å². The van der Waals surface area contributed by atoms with Gasteiger partial charge in [0.05, 0.1) is 18.5 Å². The molecule has 0 aromatic carbocycles. The first kappa shape index (κ1) is 13.7. The summed E-state index contributed by atoms with van der Waals surface area (Å²) in [6.45, 7) is 4.16. The molecule has 0 spiro atoms. The Bertz CT molecular complexity index is 430. The van der Waals surface area contributed by atoms with Gasteiger partial charge in [-0.05, 0) is 19.8 Å². The third-order valence-electron chi connectivity index (χ3n) is 3.24. The normalized spacial score (nSPS) is 16.4. The van der Waals surface area contributed by atoms with Crippen molar-refractivity contribution in [1.82, 2.24) is 14.9 Å². The predicted octanol–water partition coefficient (Wildman–Crippen LogP) is 1.16. The summed E-state index contributed by atoms with van der Waals surface area (Å²) in [4.78, 5) is 22.3. The number of amides is 1. The second-order valence-corrected chi connectivity index (χ2v) is 4.49. The molecular formula is C13H20N4O2. The largest absolute Gasteiger partial charge is 0.378 e. The fourth-order valence-corrected chi connectivity index (χ4v) is 2.21. The highest BCUT2D eigenvalue weighted by atomic mass is 16.5. The molecular weight excluding hydrogens is 244 g/mol. The molecule has 0 bridgehead atoms. The highest BCUT2D eigenvalue weighted by Crippen LogP contribution is 2.15. The molecule has 1 N–H and O–H groups in total. The molecule has 6 heteroatoms. The Morgan fingerprint density at radius 2 is 2.21 bits per heavy atom. The van der Waals surface area contributed by atoms with Crippen molar-refractivity contribution in [1.29, 1.82) is 0 Å². The van der Waals surface area contributed by atoms with E-state index in [-0.39, 0.29) is 12.0 Å². The first-order chi connectivity index (χ1) is 9.24. The van der Waals surface area contributed by atoms with Crippen molar-refractivity contribution in [3.63, 3.8) is 0 Å². The molecule has 0 aliphatic carbocycles. The quantitative estimate of drug-likeness (QED) is 0.884. The summed E-state index contributed by atoms with van der Waals surface area (Å²) in [5.74, 6) is 0.551. The van der Waals surface area contributed by atoms with E-state index in [9.17, 15) is 4.79 Å². The van der Waals surface area contributed by atoms with E-state index in [1.54, 1.807) is 13.2 Å². The van der Waals surface area contributed by atoms with Gasteiger partial charge in [0, 0.05) is 26.7 Å². The van der Waals surface area contributed by atoms with Crippen molar-refractivity contribution in [2.45, 2.75) is 25.9 Å². The van der Waals surface area contributed by atoms with Crippen molar-refractivity contribution in [3.8, 4) is 0 Å². The molecule has 104 valence electrons. The standard InChI is InChI=1S/C13H20N4O2/c1-3-19-10-4-6-17(7-5-10)13(18)11-8-15-9-12(14-2)16-11/h8-10H,3-7H2,1-2H3,(H,14,16). The number of nitrogens with zero attached hydrogens (tertiary/aromatic N) is 3. The maximum absolute atomic E-state index is 12.3. The summed E-state index contributed by atoms with van der Waals surface area (Å²) in [5, 5.41) is 2.88. The fraction of sp³-hybridized carbons (Fsp3) is 0.615. The van der Waals surface area contributed by atoms with E-state index in [4.69, 9.17) is 4.74 Å². The Hall–Kier alpha value is -1.69. The summed E-state index contributed by atoms with van der Waals surface area (Å²) in [5.41, 5.74) is 0.390. The number of ether oxygens (including phenoxy) is 1. The molecule has 1 amide bonds. The average molecular weight is 264 g/mol. The van der Waals surface area contributed by atoms with Crippen LogP contribution in [0.4, 0.5) is 5.82 Å². The topological polar surface area (TPSA) is 67.3 Å². The molecule has 2 heterocycles. The molecule has 1 aliphatic heterocycles. The maximum Gasteiger partial charge on any atom is 0.274 e. The van der Waals surface area contributed by atoms with Gasteiger partial charge in [-0.2, -0.15) is 0 Å². The molecule has 0 atom stereocenters. The van der Waals surface area contributed by atoms with Crippen molar-refractivity contribution < 1.29 is 9.53 Å². The van der Waals surface area contributed by atoms with Crippen LogP contribution < -0.4 is 5.32 Å². The molecule has 1 aromatic rings. The van der Waals surface area contributed by atoms with E-state index in [1.807, 2.05) is 11.8 Å². The van der Waals surface area contributed by atoms with E-state index < -0.39 is 0 Å². The van der Waals surface area contributed by atoms with Crippen LogP contribution in [-0.2, 0) is 4.74 Å². The van der Waals surface area contributed by atoms with Gasteiger partial charge in [0.1, 0.15) is 11.5 Å². The number of aromatic nitrogens is 2. The van der Waals surface area contributed by atoms with Crippen LogP contribution in [0, 0.1) is 0 Å². The van der Waals surface area contributed by atoms with Crippen molar-refractivity contribution >= 4 is 11.7 Å². The molecule has 0 saturated carbocycles. The third-order valence-corrected chi connectivity index (χ3v) is 3.24. The van der Waals surface area contributed by atoms with Gasteiger partial charge in [-0.3, -0.25) is 9.78 Å². The van der Waals surface area contributed by atoms with Crippen molar-refractivity contribution in [2.75, 3.05) is 32.1 Å². The Kier molecular flexibility index (Phi) is 4.68. The van der Waals surface area contributed by atoms with E-state index >= 15 is 0 Å². The Balaban J connectivity index is 1.97. The van der Waals surface area contributed by atoms with Gasteiger partial charge in [0.2, 0.25) is 0 Å². The number of nitrogens with one attached hydrogen (secondary N) is 1. The fourth-order valence-electron chi connectivity index (χ4n) is 2.21. The Labute approximate surface area is 113 Å². The third kappa shape index (κ3) is 3.41. The highest BCUT2D eigenvalue weighted by Gasteiger charge is 2.24. The van der Waals surface area contributed by atoms with Crippen LogP contribution in [-0.4, -0.2) is 53.6 Å². The Morgan fingerprint density at radius 1 is 1.47 bits per heavy atom. The Morgan fingerprint density at radius 3 is 2.84 bits per heavy atom. The van der Waals surface area contributed by atoms with Crippen LogP contribution in [0.25, 0.3) is 0 Å². The summed E-state index contributed by atoms with van der Waals surface area (Å²) in [7, 11) is 1.76. The highest BCUT2D eigenvalue weighted by molar-refractivity contribution is 5.92. The first-order valence-corrected chi connectivity index (χ1v) is 6.65. The summed E-state index contributed by atoms with van der Waals surface area (Å²) >= 11 is 0. The first-order valence-electron chi connectivity index (χ1n) is 6.65. The lowest BCUT2D eigenvalue weighted by atomic mass is 10.1. The minimum Gasteiger partial charge on any atom is -0.378 e. The average Bonchev–Trinajstić information content (AvgIpc) is 2.48. The zero-order valence-corrected chi connectivity index (χ0v) is 11.4. The molecule has 1 saturated heterocycles. The number of carbonyl (C=O) groups is 1.